The number of rotatable bonds is 8. The van der Waals surface area contributed by atoms with E-state index in [1.807, 2.05) is 4.68 Å². The Hall–Kier alpha value is -2.49. The highest BCUT2D eigenvalue weighted by Crippen LogP contribution is 2.25. The predicted octanol–water partition coefficient (Wildman–Crippen LogP) is 3.35. The van der Waals surface area contributed by atoms with Gasteiger partial charge in [-0.05, 0) is 58.2 Å². The molecule has 4 rings (SSSR count). The summed E-state index contributed by atoms with van der Waals surface area (Å²) in [6, 6.07) is 3.74. The van der Waals surface area contributed by atoms with Gasteiger partial charge in [-0.25, -0.2) is 9.18 Å². The maximum atomic E-state index is 13.4. The van der Waals surface area contributed by atoms with E-state index in [0.29, 0.717) is 43.4 Å². The van der Waals surface area contributed by atoms with Crippen LogP contribution in [0.15, 0.2) is 18.2 Å². The Balaban J connectivity index is 1.47. The molecule has 8 nitrogen and oxygen atoms in total. The molecule has 1 fully saturated rings. The Labute approximate surface area is 204 Å². The van der Waals surface area contributed by atoms with Gasteiger partial charge in [0.05, 0.1) is 17.3 Å². The molecule has 10 heteroatoms. The molecule has 1 aromatic heterocycles. The van der Waals surface area contributed by atoms with Crippen molar-refractivity contribution in [3.05, 3.63) is 46.0 Å². The maximum Gasteiger partial charge on any atom is 0.322 e. The first-order valence-corrected chi connectivity index (χ1v) is 12.1. The molecule has 2 aliphatic heterocycles. The van der Waals surface area contributed by atoms with Gasteiger partial charge in [0, 0.05) is 49.8 Å². The summed E-state index contributed by atoms with van der Waals surface area (Å²) >= 11 is 5.82. The summed E-state index contributed by atoms with van der Waals surface area (Å²) in [4.78, 5) is 31.2. The number of aromatic nitrogens is 2. The minimum absolute atomic E-state index is 0.0514. The predicted molar refractivity (Wildman–Crippen MR) is 130 cm³/mol. The number of amides is 2. The van der Waals surface area contributed by atoms with Crippen molar-refractivity contribution in [2.75, 3.05) is 52.1 Å². The average Bonchev–Trinajstić information content (AvgIpc) is 3.42. The number of anilines is 1. The zero-order valence-corrected chi connectivity index (χ0v) is 20.5. The zero-order chi connectivity index (χ0) is 24.2. The second kappa shape index (κ2) is 10.8. The van der Waals surface area contributed by atoms with Crippen molar-refractivity contribution in [3.63, 3.8) is 0 Å². The molecule has 1 unspecified atom stereocenters. The molecule has 34 heavy (non-hydrogen) atoms. The third-order valence-electron chi connectivity index (χ3n) is 6.48. The van der Waals surface area contributed by atoms with E-state index < -0.39 is 5.82 Å². The first-order chi connectivity index (χ1) is 16.3. The molecule has 0 radical (unpaired) electrons. The molecule has 1 N–H and O–H groups in total. The van der Waals surface area contributed by atoms with Gasteiger partial charge < -0.3 is 20.0 Å². The summed E-state index contributed by atoms with van der Waals surface area (Å²) in [5.74, 6) is -0.196. The average molecular weight is 491 g/mol. The number of benzene rings is 1. The van der Waals surface area contributed by atoms with Crippen LogP contribution in [0, 0.1) is 11.7 Å². The third kappa shape index (κ3) is 5.76. The molecule has 1 atom stereocenters. The van der Waals surface area contributed by atoms with E-state index in [4.69, 9.17) is 16.7 Å². The number of hydrogen-bond donors (Lipinski definition) is 1. The van der Waals surface area contributed by atoms with Gasteiger partial charge in [0.25, 0.3) is 0 Å². The molecule has 1 aromatic carbocycles. The topological polar surface area (TPSA) is 73.7 Å². The Bertz CT molecular complexity index is 1040. The molecular weight excluding hydrogens is 459 g/mol. The lowest BCUT2D eigenvalue weighted by atomic mass is 10.1. The van der Waals surface area contributed by atoms with Gasteiger partial charge in [0.1, 0.15) is 11.5 Å². The summed E-state index contributed by atoms with van der Waals surface area (Å²) in [6.45, 7) is 5.60. The van der Waals surface area contributed by atoms with Gasteiger partial charge in [-0.3, -0.25) is 9.48 Å². The molecular formula is C24H32ClFN6O2. The van der Waals surface area contributed by atoms with Crippen molar-refractivity contribution < 1.29 is 14.0 Å². The van der Waals surface area contributed by atoms with E-state index in [1.54, 1.807) is 4.90 Å². The SMILES string of the molecule is CN(C)CC(CN1CCCC1)Cn1nc2c(c1C=O)CN(C(=O)Nc1ccc(F)c(Cl)c1)CC2. The summed E-state index contributed by atoms with van der Waals surface area (Å²) in [5, 5.41) is 7.48. The zero-order valence-electron chi connectivity index (χ0n) is 19.8. The molecule has 0 aliphatic carbocycles. The lowest BCUT2D eigenvalue weighted by Gasteiger charge is -2.27. The van der Waals surface area contributed by atoms with Crippen molar-refractivity contribution in [2.24, 2.45) is 5.92 Å². The Morgan fingerprint density at radius 2 is 2.03 bits per heavy atom. The summed E-state index contributed by atoms with van der Waals surface area (Å²) in [7, 11) is 4.13. The molecule has 0 bridgehead atoms. The summed E-state index contributed by atoms with van der Waals surface area (Å²) < 4.78 is 15.2. The van der Waals surface area contributed by atoms with Crippen LogP contribution in [0.5, 0.6) is 0 Å². The smallest absolute Gasteiger partial charge is 0.320 e. The molecule has 2 aromatic rings. The number of carbonyl (C=O) groups excluding carboxylic acids is 2. The molecule has 0 spiro atoms. The number of aldehydes is 1. The van der Waals surface area contributed by atoms with Crippen molar-refractivity contribution in [3.8, 4) is 0 Å². The number of urea groups is 1. The normalized spacial score (nSPS) is 17.1. The van der Waals surface area contributed by atoms with Crippen LogP contribution in [0.4, 0.5) is 14.9 Å². The Morgan fingerprint density at radius 3 is 2.71 bits per heavy atom. The lowest BCUT2D eigenvalue weighted by Crippen LogP contribution is -2.39. The van der Waals surface area contributed by atoms with Gasteiger partial charge in [-0.2, -0.15) is 5.10 Å². The quantitative estimate of drug-likeness (QED) is 0.574. The van der Waals surface area contributed by atoms with E-state index >= 15 is 0 Å². The minimum atomic E-state index is -0.539. The molecule has 1 saturated heterocycles. The summed E-state index contributed by atoms with van der Waals surface area (Å²) in [6.07, 6.45) is 3.92. The lowest BCUT2D eigenvalue weighted by molar-refractivity contribution is 0.110. The highest BCUT2D eigenvalue weighted by atomic mass is 35.5. The van der Waals surface area contributed by atoms with Gasteiger partial charge >= 0.3 is 6.03 Å². The number of hydrogen-bond acceptors (Lipinski definition) is 5. The van der Waals surface area contributed by atoms with Crippen LogP contribution >= 0.6 is 11.6 Å². The van der Waals surface area contributed by atoms with Gasteiger partial charge in [-0.15, -0.1) is 0 Å². The van der Waals surface area contributed by atoms with Gasteiger partial charge in [-0.1, -0.05) is 11.6 Å². The first-order valence-electron chi connectivity index (χ1n) is 11.8. The Morgan fingerprint density at radius 1 is 1.26 bits per heavy atom. The largest absolute Gasteiger partial charge is 0.322 e. The molecule has 3 heterocycles. The fourth-order valence-electron chi connectivity index (χ4n) is 4.93. The van der Waals surface area contributed by atoms with Crippen molar-refractivity contribution >= 4 is 29.6 Å². The second-order valence-corrected chi connectivity index (χ2v) is 9.88. The molecule has 184 valence electrons. The van der Waals surface area contributed by atoms with E-state index in [-0.39, 0.29) is 11.1 Å². The number of likely N-dealkylation sites (tertiary alicyclic amines) is 1. The van der Waals surface area contributed by atoms with Crippen LogP contribution in [0.2, 0.25) is 5.02 Å². The highest BCUT2D eigenvalue weighted by Gasteiger charge is 2.29. The fourth-order valence-corrected chi connectivity index (χ4v) is 5.11. The molecule has 2 aliphatic rings. The highest BCUT2D eigenvalue weighted by molar-refractivity contribution is 6.31. The second-order valence-electron chi connectivity index (χ2n) is 9.48. The standard InChI is InChI=1S/C24H32ClFN6O2/c1-29(2)12-17(13-30-8-3-4-9-30)14-32-23(16-33)19-15-31(10-7-22(19)28-32)24(34)27-18-5-6-21(26)20(25)11-18/h5-6,11,16-17H,3-4,7-10,12-15H2,1-2H3,(H,27,34). The maximum absolute atomic E-state index is 13.4. The minimum Gasteiger partial charge on any atom is -0.320 e. The first kappa shape index (κ1) is 24.6. The van der Waals surface area contributed by atoms with E-state index in [9.17, 15) is 14.0 Å². The van der Waals surface area contributed by atoms with Crippen LogP contribution < -0.4 is 5.32 Å². The van der Waals surface area contributed by atoms with Crippen molar-refractivity contribution in [1.82, 2.24) is 24.5 Å². The number of nitrogens with one attached hydrogen (secondary N) is 1. The van der Waals surface area contributed by atoms with Crippen LogP contribution in [-0.4, -0.2) is 83.6 Å². The van der Waals surface area contributed by atoms with Gasteiger partial charge in [0.2, 0.25) is 0 Å². The van der Waals surface area contributed by atoms with Crippen LogP contribution in [0.25, 0.3) is 0 Å². The van der Waals surface area contributed by atoms with E-state index in [0.717, 1.165) is 43.7 Å². The van der Waals surface area contributed by atoms with Crippen LogP contribution in [0.1, 0.15) is 34.6 Å². The fraction of sp³-hybridized carbons (Fsp3) is 0.542. The number of fused-ring (bicyclic) bond motifs is 1. The Kier molecular flexibility index (Phi) is 7.85. The van der Waals surface area contributed by atoms with E-state index in [2.05, 4.69) is 29.2 Å². The van der Waals surface area contributed by atoms with Crippen LogP contribution in [-0.2, 0) is 19.5 Å². The number of carbonyl (C=O) groups is 2. The number of halogens is 2. The number of nitrogens with zero attached hydrogens (tertiary/aromatic N) is 5. The van der Waals surface area contributed by atoms with Gasteiger partial charge in [0.15, 0.2) is 6.29 Å². The molecule has 0 saturated carbocycles. The molecule has 2 amide bonds. The van der Waals surface area contributed by atoms with Crippen molar-refractivity contribution in [2.45, 2.75) is 32.4 Å². The third-order valence-corrected chi connectivity index (χ3v) is 6.77. The van der Waals surface area contributed by atoms with Crippen molar-refractivity contribution in [1.29, 1.82) is 0 Å². The summed E-state index contributed by atoms with van der Waals surface area (Å²) in [5.41, 5.74) is 2.64. The van der Waals surface area contributed by atoms with Crippen LogP contribution in [0.3, 0.4) is 0 Å². The monoisotopic (exact) mass is 490 g/mol. The van der Waals surface area contributed by atoms with E-state index in [1.165, 1.54) is 31.0 Å².